The number of amides is 1. The Hall–Kier alpha value is -2.97. The van der Waals surface area contributed by atoms with Crippen LogP contribution < -0.4 is 4.90 Å². The molecule has 4 rings (SSSR count). The fraction of sp³-hybridized carbons (Fsp3) is 0.250. The Morgan fingerprint density at radius 2 is 1.84 bits per heavy atom. The van der Waals surface area contributed by atoms with Crippen molar-refractivity contribution in [3.05, 3.63) is 70.7 Å². The number of rotatable bonds is 8. The molecule has 6 nitrogen and oxygen atoms in total. The number of aromatic amines is 1. The van der Waals surface area contributed by atoms with Gasteiger partial charge in [0.1, 0.15) is 0 Å². The van der Waals surface area contributed by atoms with E-state index in [1.807, 2.05) is 29.6 Å². The average Bonchev–Trinajstić information content (AvgIpc) is 3.48. The minimum absolute atomic E-state index is 0.0489. The number of aryl methyl sites for hydroxylation is 2. The highest BCUT2D eigenvalue weighted by Crippen LogP contribution is 2.33. The monoisotopic (exact) mass is 463 g/mol. The number of hydrogen-bond acceptors (Lipinski definition) is 6. The molecule has 0 radical (unpaired) electrons. The predicted octanol–water partition coefficient (Wildman–Crippen LogP) is 6.03. The van der Waals surface area contributed by atoms with Gasteiger partial charge in [0, 0.05) is 23.6 Å². The molecule has 0 bridgehead atoms. The quantitative estimate of drug-likeness (QED) is 0.323. The zero-order valence-electron chi connectivity index (χ0n) is 18.3. The number of aromatic nitrogens is 4. The van der Waals surface area contributed by atoms with E-state index in [-0.39, 0.29) is 5.91 Å². The van der Waals surface area contributed by atoms with Gasteiger partial charge >= 0.3 is 0 Å². The smallest absolute Gasteiger partial charge is 0.230 e. The van der Waals surface area contributed by atoms with Crippen molar-refractivity contribution < 1.29 is 4.79 Å². The Morgan fingerprint density at radius 1 is 1.06 bits per heavy atom. The molecule has 0 aliphatic heterocycles. The van der Waals surface area contributed by atoms with Crippen LogP contribution >= 0.6 is 23.1 Å². The Balaban J connectivity index is 1.46. The van der Waals surface area contributed by atoms with Crippen LogP contribution in [0.4, 0.5) is 10.8 Å². The van der Waals surface area contributed by atoms with Crippen LogP contribution in [0.15, 0.2) is 59.1 Å². The van der Waals surface area contributed by atoms with Crippen LogP contribution in [0, 0.1) is 0 Å². The topological polar surface area (TPSA) is 74.8 Å². The Bertz CT molecular complexity index is 1200. The van der Waals surface area contributed by atoms with Crippen LogP contribution in [0.3, 0.4) is 0 Å². The number of H-pyrrole nitrogens is 1. The molecule has 0 aliphatic carbocycles. The molecule has 0 fully saturated rings. The van der Waals surface area contributed by atoms with Crippen LogP contribution in [0.25, 0.3) is 11.4 Å². The van der Waals surface area contributed by atoms with Crippen molar-refractivity contribution in [2.24, 2.45) is 0 Å². The number of anilines is 2. The van der Waals surface area contributed by atoms with E-state index in [0.717, 1.165) is 41.2 Å². The summed E-state index contributed by atoms with van der Waals surface area (Å²) in [6.07, 6.45) is 1.86. The van der Waals surface area contributed by atoms with Crippen molar-refractivity contribution in [3.8, 4) is 11.4 Å². The van der Waals surface area contributed by atoms with Gasteiger partial charge in [0.2, 0.25) is 11.1 Å². The lowest BCUT2D eigenvalue weighted by Crippen LogP contribution is -2.23. The summed E-state index contributed by atoms with van der Waals surface area (Å²) in [6, 6.07) is 16.3. The maximum Gasteiger partial charge on any atom is 0.230 e. The summed E-state index contributed by atoms with van der Waals surface area (Å²) in [4.78, 5) is 23.5. The molecule has 8 heteroatoms. The summed E-state index contributed by atoms with van der Waals surface area (Å²) < 4.78 is 0. The summed E-state index contributed by atoms with van der Waals surface area (Å²) >= 11 is 2.99. The van der Waals surface area contributed by atoms with Crippen molar-refractivity contribution >= 4 is 39.8 Å². The second-order valence-electron chi connectivity index (χ2n) is 7.26. The Kier molecular flexibility index (Phi) is 7.02. The number of thiazole rings is 1. The van der Waals surface area contributed by atoms with Gasteiger partial charge < -0.3 is 0 Å². The summed E-state index contributed by atoms with van der Waals surface area (Å²) in [6.45, 7) is 5.80. The third kappa shape index (κ3) is 4.92. The number of carbonyl (C=O) groups is 1. The molecule has 0 atom stereocenters. The first-order chi connectivity index (χ1) is 15.6. The SMILES string of the molecule is CCc1ccc(-c2nc(SCc3csc(N(C(C)=O)c4ccccc4CC)n3)n[nH]2)cc1. The highest BCUT2D eigenvalue weighted by atomic mass is 32.2. The van der Waals surface area contributed by atoms with Gasteiger partial charge in [-0.2, -0.15) is 0 Å². The number of para-hydroxylation sites is 1. The van der Waals surface area contributed by atoms with Gasteiger partial charge in [-0.15, -0.1) is 16.4 Å². The van der Waals surface area contributed by atoms with Crippen LogP contribution in [0.2, 0.25) is 0 Å². The van der Waals surface area contributed by atoms with Gasteiger partial charge in [-0.1, -0.05) is 68.1 Å². The van der Waals surface area contributed by atoms with E-state index >= 15 is 0 Å². The number of benzene rings is 2. The maximum atomic E-state index is 12.4. The summed E-state index contributed by atoms with van der Waals surface area (Å²) in [7, 11) is 0. The molecule has 2 heterocycles. The molecule has 0 saturated carbocycles. The third-order valence-corrected chi connectivity index (χ3v) is 6.86. The van der Waals surface area contributed by atoms with Crippen molar-refractivity contribution in [3.63, 3.8) is 0 Å². The number of nitrogens with zero attached hydrogens (tertiary/aromatic N) is 4. The highest BCUT2D eigenvalue weighted by Gasteiger charge is 2.20. The molecule has 0 aliphatic rings. The maximum absolute atomic E-state index is 12.4. The number of hydrogen-bond donors (Lipinski definition) is 1. The van der Waals surface area contributed by atoms with Gasteiger partial charge in [-0.25, -0.2) is 9.97 Å². The molecular formula is C24H25N5OS2. The van der Waals surface area contributed by atoms with Gasteiger partial charge in [0.15, 0.2) is 11.0 Å². The first kappa shape index (κ1) is 22.2. The lowest BCUT2D eigenvalue weighted by atomic mass is 10.1. The highest BCUT2D eigenvalue weighted by molar-refractivity contribution is 7.98. The van der Waals surface area contributed by atoms with Gasteiger partial charge in [0.25, 0.3) is 0 Å². The van der Waals surface area contributed by atoms with Crippen molar-refractivity contribution in [2.75, 3.05) is 4.90 Å². The Morgan fingerprint density at radius 3 is 2.56 bits per heavy atom. The molecule has 1 N–H and O–H groups in total. The van der Waals surface area contributed by atoms with Gasteiger partial charge in [-0.05, 0) is 30.0 Å². The van der Waals surface area contributed by atoms with Crippen LogP contribution in [0.5, 0.6) is 0 Å². The van der Waals surface area contributed by atoms with E-state index in [4.69, 9.17) is 4.98 Å². The minimum Gasteiger partial charge on any atom is -0.274 e. The molecular weight excluding hydrogens is 438 g/mol. The minimum atomic E-state index is -0.0489. The van der Waals surface area contributed by atoms with E-state index in [0.29, 0.717) is 16.0 Å². The molecule has 0 saturated heterocycles. The molecule has 32 heavy (non-hydrogen) atoms. The Labute approximate surface area is 196 Å². The molecule has 2 aromatic carbocycles. The van der Waals surface area contributed by atoms with Crippen molar-refractivity contribution in [1.82, 2.24) is 20.2 Å². The second-order valence-corrected chi connectivity index (χ2v) is 9.04. The summed E-state index contributed by atoms with van der Waals surface area (Å²) in [5.74, 6) is 1.34. The fourth-order valence-electron chi connectivity index (χ4n) is 3.38. The van der Waals surface area contributed by atoms with E-state index < -0.39 is 0 Å². The van der Waals surface area contributed by atoms with Crippen LogP contribution in [-0.4, -0.2) is 26.1 Å². The van der Waals surface area contributed by atoms with E-state index in [1.54, 1.807) is 11.8 Å². The largest absolute Gasteiger partial charge is 0.274 e. The summed E-state index contributed by atoms with van der Waals surface area (Å²) in [5, 5.41) is 10.7. The lowest BCUT2D eigenvalue weighted by Gasteiger charge is -2.20. The van der Waals surface area contributed by atoms with Crippen molar-refractivity contribution in [1.29, 1.82) is 0 Å². The van der Waals surface area contributed by atoms with Gasteiger partial charge in [0.05, 0.1) is 11.4 Å². The fourth-order valence-corrected chi connectivity index (χ4v) is 5.05. The van der Waals surface area contributed by atoms with Crippen molar-refractivity contribution in [2.45, 2.75) is 44.5 Å². The molecule has 4 aromatic rings. The zero-order chi connectivity index (χ0) is 22.5. The van der Waals surface area contributed by atoms with E-state index in [9.17, 15) is 4.79 Å². The predicted molar refractivity (Wildman–Crippen MR) is 132 cm³/mol. The number of thioether (sulfide) groups is 1. The normalized spacial score (nSPS) is 11.0. The van der Waals surface area contributed by atoms with E-state index in [1.165, 1.54) is 28.7 Å². The first-order valence-electron chi connectivity index (χ1n) is 10.6. The molecule has 164 valence electrons. The van der Waals surface area contributed by atoms with Crippen LogP contribution in [0.1, 0.15) is 37.6 Å². The second kappa shape index (κ2) is 10.1. The summed E-state index contributed by atoms with van der Waals surface area (Å²) in [5.41, 5.74) is 5.22. The molecule has 2 aromatic heterocycles. The molecule has 0 unspecified atom stereocenters. The van der Waals surface area contributed by atoms with E-state index in [2.05, 4.69) is 53.3 Å². The standard InChI is InChI=1S/C24H25N5OS2/c1-4-17-10-12-19(13-11-17)22-26-23(28-27-22)31-14-20-15-32-24(25-20)29(16(3)30)21-9-7-6-8-18(21)5-2/h6-13,15H,4-5,14H2,1-3H3,(H,26,27,28). The number of nitrogens with one attached hydrogen (secondary N) is 1. The van der Waals surface area contributed by atoms with Crippen LogP contribution in [-0.2, 0) is 23.4 Å². The number of carbonyl (C=O) groups excluding carboxylic acids is 1. The zero-order valence-corrected chi connectivity index (χ0v) is 20.0. The lowest BCUT2D eigenvalue weighted by molar-refractivity contribution is -0.115. The molecule has 0 spiro atoms. The third-order valence-electron chi connectivity index (χ3n) is 5.11. The molecule has 1 amide bonds. The van der Waals surface area contributed by atoms with Gasteiger partial charge in [-0.3, -0.25) is 14.8 Å². The average molecular weight is 464 g/mol. The first-order valence-corrected chi connectivity index (χ1v) is 12.4.